The first-order chi connectivity index (χ1) is 7.06. The number of carbonyl (C=O) groups is 1. The number of furan rings is 1. The van der Waals surface area contributed by atoms with Crippen molar-refractivity contribution in [1.82, 2.24) is 5.32 Å². The summed E-state index contributed by atoms with van der Waals surface area (Å²) in [5.41, 5.74) is 0.482. The number of hydrogen-bond donors (Lipinski definition) is 1. The normalized spacial score (nSPS) is 12.2. The van der Waals surface area contributed by atoms with Gasteiger partial charge in [-0.1, -0.05) is 13.8 Å². The number of amides is 1. The Morgan fingerprint density at radius 3 is 2.67 bits per heavy atom. The van der Waals surface area contributed by atoms with E-state index in [1.807, 2.05) is 13.8 Å². The van der Waals surface area contributed by atoms with Gasteiger partial charge in [0.25, 0.3) is 5.91 Å². The van der Waals surface area contributed by atoms with Gasteiger partial charge in [-0.25, -0.2) is 0 Å². The topological polar surface area (TPSA) is 66.0 Å². The molecule has 15 heavy (non-hydrogen) atoms. The predicted octanol–water partition coefficient (Wildman–Crippen LogP) is 1.87. The van der Waals surface area contributed by atoms with E-state index in [0.717, 1.165) is 0 Å². The molecule has 80 valence electrons. The maximum Gasteiger partial charge on any atom is 0.255 e. The SMILES string of the molecule is Cc1occc1C(=O)NC(C#N)C(C)C. The van der Waals surface area contributed by atoms with Gasteiger partial charge in [-0.15, -0.1) is 0 Å². The fourth-order valence-corrected chi connectivity index (χ4v) is 1.19. The molecule has 0 saturated carbocycles. The minimum atomic E-state index is -0.466. The number of carbonyl (C=O) groups excluding carboxylic acids is 1. The zero-order chi connectivity index (χ0) is 11.4. The van der Waals surface area contributed by atoms with Crippen LogP contribution in [0.25, 0.3) is 0 Å². The van der Waals surface area contributed by atoms with E-state index in [1.54, 1.807) is 13.0 Å². The van der Waals surface area contributed by atoms with E-state index >= 15 is 0 Å². The molecule has 0 aliphatic carbocycles. The molecular formula is C11H14N2O2. The molecule has 1 aromatic heterocycles. The second-order valence-corrected chi connectivity index (χ2v) is 3.71. The van der Waals surface area contributed by atoms with Gasteiger partial charge in [0.05, 0.1) is 17.9 Å². The molecule has 0 fully saturated rings. The highest BCUT2D eigenvalue weighted by atomic mass is 16.3. The zero-order valence-electron chi connectivity index (χ0n) is 9.07. The van der Waals surface area contributed by atoms with Crippen LogP contribution >= 0.6 is 0 Å². The lowest BCUT2D eigenvalue weighted by Gasteiger charge is -2.14. The fraction of sp³-hybridized carbons (Fsp3) is 0.455. The summed E-state index contributed by atoms with van der Waals surface area (Å²) in [6.07, 6.45) is 1.46. The van der Waals surface area contributed by atoms with Crippen molar-refractivity contribution in [3.8, 4) is 6.07 Å². The van der Waals surface area contributed by atoms with Crippen LogP contribution in [0.15, 0.2) is 16.7 Å². The fourth-order valence-electron chi connectivity index (χ4n) is 1.19. The summed E-state index contributed by atoms with van der Waals surface area (Å²) in [6.45, 7) is 5.48. The molecule has 0 aliphatic rings. The molecule has 4 heteroatoms. The summed E-state index contributed by atoms with van der Waals surface area (Å²) in [5.74, 6) is 0.389. The van der Waals surface area contributed by atoms with Crippen LogP contribution in [0.3, 0.4) is 0 Å². The smallest absolute Gasteiger partial charge is 0.255 e. The van der Waals surface area contributed by atoms with Gasteiger partial charge in [-0.2, -0.15) is 5.26 Å². The summed E-state index contributed by atoms with van der Waals surface area (Å²) in [7, 11) is 0. The lowest BCUT2D eigenvalue weighted by atomic mass is 10.1. The molecule has 0 bridgehead atoms. The van der Waals surface area contributed by atoms with E-state index in [9.17, 15) is 4.79 Å². The number of hydrogen-bond acceptors (Lipinski definition) is 3. The molecular weight excluding hydrogens is 192 g/mol. The van der Waals surface area contributed by atoms with Crippen molar-refractivity contribution in [1.29, 1.82) is 5.26 Å². The molecule has 1 rings (SSSR count). The van der Waals surface area contributed by atoms with Crippen molar-refractivity contribution in [2.24, 2.45) is 5.92 Å². The van der Waals surface area contributed by atoms with E-state index in [4.69, 9.17) is 9.68 Å². The van der Waals surface area contributed by atoms with E-state index in [-0.39, 0.29) is 11.8 Å². The first-order valence-electron chi connectivity index (χ1n) is 4.80. The van der Waals surface area contributed by atoms with Gasteiger partial charge in [0.2, 0.25) is 0 Å². The molecule has 4 nitrogen and oxygen atoms in total. The highest BCUT2D eigenvalue weighted by Crippen LogP contribution is 2.09. The summed E-state index contributed by atoms with van der Waals surface area (Å²) < 4.78 is 5.02. The molecule has 1 unspecified atom stereocenters. The Balaban J connectivity index is 2.72. The highest BCUT2D eigenvalue weighted by Gasteiger charge is 2.18. The second-order valence-electron chi connectivity index (χ2n) is 3.71. The van der Waals surface area contributed by atoms with Gasteiger partial charge in [-0.3, -0.25) is 4.79 Å². The Morgan fingerprint density at radius 2 is 2.27 bits per heavy atom. The average Bonchev–Trinajstić information content (AvgIpc) is 2.60. The Bertz CT molecular complexity index is 388. The van der Waals surface area contributed by atoms with Crippen LogP contribution in [-0.4, -0.2) is 11.9 Å². The summed E-state index contributed by atoms with van der Waals surface area (Å²) >= 11 is 0. The third-order valence-corrected chi connectivity index (χ3v) is 2.20. The third-order valence-electron chi connectivity index (χ3n) is 2.20. The standard InChI is InChI=1S/C11H14N2O2/c1-7(2)10(6-12)13-11(14)9-4-5-15-8(9)3/h4-5,7,10H,1-3H3,(H,13,14). The van der Waals surface area contributed by atoms with Gasteiger partial charge in [0, 0.05) is 0 Å². The molecule has 1 aromatic rings. The van der Waals surface area contributed by atoms with Crippen molar-refractivity contribution in [2.45, 2.75) is 26.8 Å². The first-order valence-corrected chi connectivity index (χ1v) is 4.80. The zero-order valence-corrected chi connectivity index (χ0v) is 9.07. The van der Waals surface area contributed by atoms with Crippen LogP contribution < -0.4 is 5.32 Å². The number of nitriles is 1. The van der Waals surface area contributed by atoms with Gasteiger partial charge >= 0.3 is 0 Å². The summed E-state index contributed by atoms with van der Waals surface area (Å²) in [6, 6.07) is 3.18. The van der Waals surface area contributed by atoms with Gasteiger partial charge in [-0.05, 0) is 18.9 Å². The van der Waals surface area contributed by atoms with Gasteiger partial charge in [0.15, 0.2) is 0 Å². The van der Waals surface area contributed by atoms with Crippen LogP contribution in [0, 0.1) is 24.2 Å². The van der Waals surface area contributed by atoms with Gasteiger partial charge in [0.1, 0.15) is 11.8 Å². The molecule has 1 amide bonds. The minimum absolute atomic E-state index is 0.0890. The minimum Gasteiger partial charge on any atom is -0.469 e. The van der Waals surface area contributed by atoms with E-state index in [0.29, 0.717) is 11.3 Å². The van der Waals surface area contributed by atoms with Crippen LogP contribution in [0.5, 0.6) is 0 Å². The third kappa shape index (κ3) is 2.59. The van der Waals surface area contributed by atoms with Gasteiger partial charge < -0.3 is 9.73 Å². The number of nitrogens with zero attached hydrogens (tertiary/aromatic N) is 1. The lowest BCUT2D eigenvalue weighted by molar-refractivity contribution is 0.0936. The van der Waals surface area contributed by atoms with Crippen LogP contribution in [-0.2, 0) is 0 Å². The molecule has 1 N–H and O–H groups in total. The van der Waals surface area contributed by atoms with Crippen LogP contribution in [0.1, 0.15) is 30.0 Å². The Kier molecular flexibility index (Phi) is 3.51. The lowest BCUT2D eigenvalue weighted by Crippen LogP contribution is -2.37. The van der Waals surface area contributed by atoms with Crippen molar-refractivity contribution >= 4 is 5.91 Å². The average molecular weight is 206 g/mol. The van der Waals surface area contributed by atoms with Crippen LogP contribution in [0.4, 0.5) is 0 Å². The maximum absolute atomic E-state index is 11.7. The second kappa shape index (κ2) is 4.65. The molecule has 0 saturated heterocycles. The monoisotopic (exact) mass is 206 g/mol. The van der Waals surface area contributed by atoms with Crippen molar-refractivity contribution in [3.05, 3.63) is 23.7 Å². The first kappa shape index (κ1) is 11.3. The maximum atomic E-state index is 11.7. The Labute approximate surface area is 88.9 Å². The Morgan fingerprint density at radius 1 is 1.60 bits per heavy atom. The van der Waals surface area contributed by atoms with E-state index < -0.39 is 6.04 Å². The van der Waals surface area contributed by atoms with Crippen molar-refractivity contribution in [2.75, 3.05) is 0 Å². The summed E-state index contributed by atoms with van der Waals surface area (Å²) in [5, 5.41) is 11.5. The molecule has 0 aromatic carbocycles. The summed E-state index contributed by atoms with van der Waals surface area (Å²) in [4.78, 5) is 11.7. The molecule has 0 spiro atoms. The van der Waals surface area contributed by atoms with Crippen LogP contribution in [0.2, 0.25) is 0 Å². The van der Waals surface area contributed by atoms with E-state index in [2.05, 4.69) is 11.4 Å². The molecule has 1 heterocycles. The largest absolute Gasteiger partial charge is 0.469 e. The molecule has 0 radical (unpaired) electrons. The van der Waals surface area contributed by atoms with Crippen molar-refractivity contribution < 1.29 is 9.21 Å². The number of rotatable bonds is 3. The molecule has 0 aliphatic heterocycles. The molecule has 1 atom stereocenters. The highest BCUT2D eigenvalue weighted by molar-refractivity contribution is 5.95. The quantitative estimate of drug-likeness (QED) is 0.820. The number of aryl methyl sites for hydroxylation is 1. The van der Waals surface area contributed by atoms with Crippen molar-refractivity contribution in [3.63, 3.8) is 0 Å². The van der Waals surface area contributed by atoms with E-state index in [1.165, 1.54) is 6.26 Å². The number of nitrogens with one attached hydrogen (secondary N) is 1. The predicted molar refractivity (Wildman–Crippen MR) is 55.2 cm³/mol. The Hall–Kier alpha value is -1.76.